The molecule has 0 saturated carbocycles. The van der Waals surface area contributed by atoms with Crippen LogP contribution in [0.5, 0.6) is 0 Å². The average molecular weight is 212 g/mol. The van der Waals surface area contributed by atoms with Crippen molar-refractivity contribution in [2.45, 2.75) is 19.4 Å². The van der Waals surface area contributed by atoms with Crippen LogP contribution in [0.4, 0.5) is 10.1 Å². The van der Waals surface area contributed by atoms with Gasteiger partial charge >= 0.3 is 0 Å². The molecule has 1 aromatic carbocycles. The van der Waals surface area contributed by atoms with E-state index in [1.54, 1.807) is 19.1 Å². The molecule has 0 aliphatic carbocycles. The topological polar surface area (TPSA) is 58.3 Å². The van der Waals surface area contributed by atoms with E-state index < -0.39 is 6.10 Å². The van der Waals surface area contributed by atoms with E-state index in [0.717, 1.165) is 0 Å². The first-order valence-corrected chi connectivity index (χ1v) is 5.01. The largest absolute Gasteiger partial charge is 0.391 e. The second-order valence-corrected chi connectivity index (χ2v) is 3.58. The number of nitrogens with one attached hydrogen (secondary N) is 1. The first-order valence-electron chi connectivity index (χ1n) is 5.01. The van der Waals surface area contributed by atoms with Gasteiger partial charge in [0.1, 0.15) is 5.82 Å². The molecule has 1 rings (SSSR count). The minimum Gasteiger partial charge on any atom is -0.391 e. The zero-order valence-electron chi connectivity index (χ0n) is 8.83. The fourth-order valence-corrected chi connectivity index (χ4v) is 1.23. The van der Waals surface area contributed by atoms with Gasteiger partial charge in [-0.2, -0.15) is 0 Å². The molecule has 0 aliphatic heterocycles. The highest BCUT2D eigenvalue weighted by Crippen LogP contribution is 2.13. The molecule has 4 heteroatoms. The predicted octanol–water partition coefficient (Wildman–Crippen LogP) is 1.26. The minimum absolute atomic E-state index is 0.242. The number of aliphatic hydroxyl groups is 1. The van der Waals surface area contributed by atoms with Crippen LogP contribution in [0.15, 0.2) is 18.2 Å². The summed E-state index contributed by atoms with van der Waals surface area (Å²) in [6, 6.07) is 4.91. The lowest BCUT2D eigenvalue weighted by Gasteiger charge is -2.12. The Morgan fingerprint density at radius 1 is 1.53 bits per heavy atom. The van der Waals surface area contributed by atoms with Crippen LogP contribution in [0.3, 0.4) is 0 Å². The van der Waals surface area contributed by atoms with E-state index >= 15 is 0 Å². The van der Waals surface area contributed by atoms with Crippen LogP contribution in [0, 0.1) is 12.7 Å². The molecule has 0 spiro atoms. The first kappa shape index (κ1) is 11.9. The van der Waals surface area contributed by atoms with Gasteiger partial charge in [0, 0.05) is 12.2 Å². The molecule has 0 amide bonds. The number of benzene rings is 1. The monoisotopic (exact) mass is 212 g/mol. The Hall–Kier alpha value is -1.13. The molecule has 3 nitrogen and oxygen atoms in total. The maximum absolute atomic E-state index is 13.1. The van der Waals surface area contributed by atoms with Crippen LogP contribution in [-0.2, 0) is 0 Å². The van der Waals surface area contributed by atoms with Gasteiger partial charge in [-0.05, 0) is 37.6 Å². The standard InChI is InChI=1S/C11H17FN2O/c1-8-2-3-9(6-11(8)12)14-7-10(15)4-5-13/h2-3,6,10,14-15H,4-5,7,13H2,1H3. The first-order chi connectivity index (χ1) is 7.13. The fraction of sp³-hybridized carbons (Fsp3) is 0.455. The van der Waals surface area contributed by atoms with E-state index in [0.29, 0.717) is 30.8 Å². The third-order valence-corrected chi connectivity index (χ3v) is 2.21. The van der Waals surface area contributed by atoms with Crippen molar-refractivity contribution in [1.29, 1.82) is 0 Å². The molecule has 0 bridgehead atoms. The number of aliphatic hydroxyl groups excluding tert-OH is 1. The van der Waals surface area contributed by atoms with Gasteiger partial charge in [0.25, 0.3) is 0 Å². The summed E-state index contributed by atoms with van der Waals surface area (Å²) >= 11 is 0. The molecule has 84 valence electrons. The second kappa shape index (κ2) is 5.68. The van der Waals surface area contributed by atoms with Gasteiger partial charge in [-0.3, -0.25) is 0 Å². The smallest absolute Gasteiger partial charge is 0.128 e. The van der Waals surface area contributed by atoms with Crippen molar-refractivity contribution in [2.75, 3.05) is 18.4 Å². The lowest BCUT2D eigenvalue weighted by Crippen LogP contribution is -2.22. The average Bonchev–Trinajstić information content (AvgIpc) is 2.20. The van der Waals surface area contributed by atoms with Crippen molar-refractivity contribution in [3.05, 3.63) is 29.6 Å². The summed E-state index contributed by atoms with van der Waals surface area (Å²) in [7, 11) is 0. The Bertz CT molecular complexity index is 317. The zero-order valence-corrected chi connectivity index (χ0v) is 8.83. The van der Waals surface area contributed by atoms with E-state index in [1.165, 1.54) is 6.07 Å². The summed E-state index contributed by atoms with van der Waals surface area (Å²) < 4.78 is 13.1. The number of nitrogens with two attached hydrogens (primary N) is 1. The van der Waals surface area contributed by atoms with Crippen molar-refractivity contribution >= 4 is 5.69 Å². The molecule has 0 radical (unpaired) electrons. The Morgan fingerprint density at radius 2 is 2.27 bits per heavy atom. The van der Waals surface area contributed by atoms with Gasteiger partial charge in [0.2, 0.25) is 0 Å². The number of hydrogen-bond donors (Lipinski definition) is 3. The van der Waals surface area contributed by atoms with E-state index in [4.69, 9.17) is 5.73 Å². The van der Waals surface area contributed by atoms with Gasteiger partial charge in [-0.1, -0.05) is 6.07 Å². The Labute approximate surface area is 89.1 Å². The molecule has 1 aromatic rings. The number of aryl methyl sites for hydroxylation is 1. The molecule has 1 atom stereocenters. The van der Waals surface area contributed by atoms with E-state index in [1.807, 2.05) is 0 Å². The normalized spacial score (nSPS) is 12.5. The van der Waals surface area contributed by atoms with Gasteiger partial charge < -0.3 is 16.2 Å². The highest BCUT2D eigenvalue weighted by atomic mass is 19.1. The molecule has 4 N–H and O–H groups in total. The quantitative estimate of drug-likeness (QED) is 0.688. The molecule has 0 heterocycles. The van der Waals surface area contributed by atoms with Gasteiger partial charge in [-0.15, -0.1) is 0 Å². The van der Waals surface area contributed by atoms with E-state index in [2.05, 4.69) is 5.32 Å². The number of halogens is 1. The molecule has 0 saturated heterocycles. The summed E-state index contributed by atoms with van der Waals surface area (Å²) in [5.74, 6) is -0.242. The summed E-state index contributed by atoms with van der Waals surface area (Å²) in [6.45, 7) is 2.55. The van der Waals surface area contributed by atoms with Crippen LogP contribution in [0.2, 0.25) is 0 Å². The Balaban J connectivity index is 2.47. The van der Waals surface area contributed by atoms with Gasteiger partial charge in [-0.25, -0.2) is 4.39 Å². The SMILES string of the molecule is Cc1ccc(NCC(O)CCN)cc1F. The predicted molar refractivity (Wildman–Crippen MR) is 59.3 cm³/mol. The van der Waals surface area contributed by atoms with E-state index in [9.17, 15) is 9.50 Å². The van der Waals surface area contributed by atoms with Crippen LogP contribution in [-0.4, -0.2) is 24.3 Å². The van der Waals surface area contributed by atoms with E-state index in [-0.39, 0.29) is 5.82 Å². The third kappa shape index (κ3) is 3.85. The minimum atomic E-state index is -0.487. The van der Waals surface area contributed by atoms with Crippen LogP contribution >= 0.6 is 0 Å². The lowest BCUT2D eigenvalue weighted by molar-refractivity contribution is 0.180. The highest BCUT2D eigenvalue weighted by Gasteiger charge is 2.03. The van der Waals surface area contributed by atoms with Crippen molar-refractivity contribution in [2.24, 2.45) is 5.73 Å². The summed E-state index contributed by atoms with van der Waals surface area (Å²) in [4.78, 5) is 0. The van der Waals surface area contributed by atoms with Gasteiger partial charge in [0.05, 0.1) is 6.10 Å². The Morgan fingerprint density at radius 3 is 2.87 bits per heavy atom. The van der Waals surface area contributed by atoms with Gasteiger partial charge in [0.15, 0.2) is 0 Å². The van der Waals surface area contributed by atoms with Crippen molar-refractivity contribution in [3.63, 3.8) is 0 Å². The molecule has 0 fully saturated rings. The second-order valence-electron chi connectivity index (χ2n) is 3.58. The maximum atomic E-state index is 13.1. The van der Waals surface area contributed by atoms with Crippen LogP contribution in [0.1, 0.15) is 12.0 Å². The Kier molecular flexibility index (Phi) is 4.52. The van der Waals surface area contributed by atoms with Crippen molar-refractivity contribution in [1.82, 2.24) is 0 Å². The number of anilines is 1. The van der Waals surface area contributed by atoms with Crippen molar-refractivity contribution < 1.29 is 9.50 Å². The third-order valence-electron chi connectivity index (χ3n) is 2.21. The lowest BCUT2D eigenvalue weighted by atomic mass is 10.2. The molecule has 0 aliphatic rings. The molecule has 0 aromatic heterocycles. The molecule has 15 heavy (non-hydrogen) atoms. The summed E-state index contributed by atoms with van der Waals surface area (Å²) in [5, 5.41) is 12.3. The number of rotatable bonds is 5. The van der Waals surface area contributed by atoms with Crippen molar-refractivity contribution in [3.8, 4) is 0 Å². The summed E-state index contributed by atoms with van der Waals surface area (Å²) in [5.41, 5.74) is 6.58. The molecular weight excluding hydrogens is 195 g/mol. The highest BCUT2D eigenvalue weighted by molar-refractivity contribution is 5.45. The van der Waals surface area contributed by atoms with Crippen LogP contribution in [0.25, 0.3) is 0 Å². The fourth-order valence-electron chi connectivity index (χ4n) is 1.23. The number of hydrogen-bond acceptors (Lipinski definition) is 3. The summed E-state index contributed by atoms with van der Waals surface area (Å²) in [6.07, 6.45) is 0.0563. The molecule has 1 unspecified atom stereocenters. The zero-order chi connectivity index (χ0) is 11.3. The van der Waals surface area contributed by atoms with Crippen LogP contribution < -0.4 is 11.1 Å². The molecular formula is C11H17FN2O. The maximum Gasteiger partial charge on any atom is 0.128 e.